The molecule has 0 radical (unpaired) electrons. The number of benzene rings is 1. The lowest BCUT2D eigenvalue weighted by Crippen LogP contribution is -2.19. The molecule has 0 saturated heterocycles. The van der Waals surface area contributed by atoms with Gasteiger partial charge in [-0.25, -0.2) is 9.97 Å². The molecule has 0 aliphatic heterocycles. The van der Waals surface area contributed by atoms with Crippen molar-refractivity contribution >= 4 is 28.5 Å². The van der Waals surface area contributed by atoms with Gasteiger partial charge in [0.05, 0.1) is 5.56 Å². The minimum Gasteiger partial charge on any atom is -0.440 e. The van der Waals surface area contributed by atoms with E-state index in [4.69, 9.17) is 4.42 Å². The van der Waals surface area contributed by atoms with Crippen LogP contribution in [0.25, 0.3) is 11.1 Å². The quantitative estimate of drug-likeness (QED) is 0.797. The first-order valence-electron chi connectivity index (χ1n) is 7.96. The van der Waals surface area contributed by atoms with Crippen LogP contribution >= 0.6 is 0 Å². The molecule has 2 heterocycles. The SMILES string of the molecule is CN(C)c1ncccc1C(=O)Nc1ccc2oc(C3CC3)nc2c1. The lowest BCUT2D eigenvalue weighted by Gasteiger charge is -2.15. The third-order valence-electron chi connectivity index (χ3n) is 4.04. The number of hydrogen-bond donors (Lipinski definition) is 1. The molecule has 24 heavy (non-hydrogen) atoms. The average Bonchev–Trinajstić information content (AvgIpc) is 3.34. The summed E-state index contributed by atoms with van der Waals surface area (Å²) in [5.41, 5.74) is 2.75. The lowest BCUT2D eigenvalue weighted by molar-refractivity contribution is 0.102. The Labute approximate surface area is 139 Å². The van der Waals surface area contributed by atoms with Gasteiger partial charge in [-0.05, 0) is 43.2 Å². The van der Waals surface area contributed by atoms with Crippen molar-refractivity contribution in [1.29, 1.82) is 0 Å². The van der Waals surface area contributed by atoms with Gasteiger partial charge in [0, 0.05) is 31.9 Å². The Balaban J connectivity index is 1.60. The molecular weight excluding hydrogens is 304 g/mol. The van der Waals surface area contributed by atoms with Crippen LogP contribution in [0.1, 0.15) is 35.0 Å². The van der Waals surface area contributed by atoms with E-state index in [0.717, 1.165) is 29.8 Å². The molecule has 1 aromatic carbocycles. The molecule has 2 aromatic heterocycles. The van der Waals surface area contributed by atoms with Crippen LogP contribution in [0.15, 0.2) is 40.9 Å². The molecule has 6 nitrogen and oxygen atoms in total. The molecule has 0 spiro atoms. The molecule has 1 fully saturated rings. The minimum atomic E-state index is -0.197. The zero-order valence-corrected chi connectivity index (χ0v) is 13.6. The first kappa shape index (κ1) is 14.7. The highest BCUT2D eigenvalue weighted by atomic mass is 16.3. The van der Waals surface area contributed by atoms with E-state index >= 15 is 0 Å². The monoisotopic (exact) mass is 322 g/mol. The fourth-order valence-corrected chi connectivity index (χ4v) is 2.66. The highest BCUT2D eigenvalue weighted by Crippen LogP contribution is 2.40. The maximum Gasteiger partial charge on any atom is 0.259 e. The van der Waals surface area contributed by atoms with E-state index in [1.165, 1.54) is 0 Å². The number of fused-ring (bicyclic) bond motifs is 1. The molecular formula is C18H18N4O2. The molecule has 1 N–H and O–H groups in total. The largest absolute Gasteiger partial charge is 0.440 e. The van der Waals surface area contributed by atoms with Gasteiger partial charge in [-0.2, -0.15) is 0 Å². The number of amides is 1. The van der Waals surface area contributed by atoms with E-state index in [0.29, 0.717) is 23.0 Å². The summed E-state index contributed by atoms with van der Waals surface area (Å²) in [6.07, 6.45) is 3.96. The summed E-state index contributed by atoms with van der Waals surface area (Å²) in [5, 5.41) is 2.91. The van der Waals surface area contributed by atoms with Gasteiger partial charge in [0.1, 0.15) is 11.3 Å². The number of carbonyl (C=O) groups excluding carboxylic acids is 1. The molecule has 0 unspecified atom stereocenters. The summed E-state index contributed by atoms with van der Waals surface area (Å²) >= 11 is 0. The molecule has 6 heteroatoms. The molecule has 0 atom stereocenters. The first-order valence-corrected chi connectivity index (χ1v) is 7.96. The normalized spacial score (nSPS) is 13.9. The Morgan fingerprint density at radius 1 is 1.29 bits per heavy atom. The molecule has 0 bridgehead atoms. The minimum absolute atomic E-state index is 0.197. The number of oxazole rings is 1. The summed E-state index contributed by atoms with van der Waals surface area (Å²) in [6.45, 7) is 0. The van der Waals surface area contributed by atoms with Crippen molar-refractivity contribution in [1.82, 2.24) is 9.97 Å². The van der Waals surface area contributed by atoms with Crippen molar-refractivity contribution in [3.63, 3.8) is 0 Å². The summed E-state index contributed by atoms with van der Waals surface area (Å²) < 4.78 is 5.75. The van der Waals surface area contributed by atoms with Gasteiger partial charge in [0.15, 0.2) is 11.5 Å². The first-order chi connectivity index (χ1) is 11.6. The van der Waals surface area contributed by atoms with Crippen LogP contribution < -0.4 is 10.2 Å². The third-order valence-corrected chi connectivity index (χ3v) is 4.04. The number of rotatable bonds is 4. The van der Waals surface area contributed by atoms with Crippen LogP contribution in [-0.2, 0) is 0 Å². The zero-order chi connectivity index (χ0) is 16.7. The Hall–Kier alpha value is -2.89. The van der Waals surface area contributed by atoms with Gasteiger partial charge in [-0.15, -0.1) is 0 Å². The van der Waals surface area contributed by atoms with Gasteiger partial charge in [0.25, 0.3) is 5.91 Å². The van der Waals surface area contributed by atoms with Gasteiger partial charge in [-0.1, -0.05) is 0 Å². The van der Waals surface area contributed by atoms with Crippen LogP contribution in [0.3, 0.4) is 0 Å². The number of hydrogen-bond acceptors (Lipinski definition) is 5. The number of carbonyl (C=O) groups is 1. The summed E-state index contributed by atoms with van der Waals surface area (Å²) in [4.78, 5) is 23.2. The van der Waals surface area contributed by atoms with E-state index in [9.17, 15) is 4.79 Å². The second-order valence-electron chi connectivity index (χ2n) is 6.23. The molecule has 1 aliphatic rings. The maximum atomic E-state index is 12.6. The van der Waals surface area contributed by atoms with Gasteiger partial charge >= 0.3 is 0 Å². The van der Waals surface area contributed by atoms with Crippen LogP contribution in [-0.4, -0.2) is 30.0 Å². The lowest BCUT2D eigenvalue weighted by atomic mass is 10.2. The van der Waals surface area contributed by atoms with E-state index < -0.39 is 0 Å². The highest BCUT2D eigenvalue weighted by Gasteiger charge is 2.28. The molecule has 4 rings (SSSR count). The van der Waals surface area contributed by atoms with Crippen molar-refractivity contribution in [2.45, 2.75) is 18.8 Å². The van der Waals surface area contributed by atoms with E-state index in [-0.39, 0.29) is 5.91 Å². The summed E-state index contributed by atoms with van der Waals surface area (Å²) in [5.74, 6) is 1.70. The molecule has 3 aromatic rings. The second kappa shape index (κ2) is 5.63. The van der Waals surface area contributed by atoms with E-state index in [1.54, 1.807) is 18.3 Å². The second-order valence-corrected chi connectivity index (χ2v) is 6.23. The average molecular weight is 322 g/mol. The topological polar surface area (TPSA) is 71.3 Å². The smallest absolute Gasteiger partial charge is 0.259 e. The van der Waals surface area contributed by atoms with Crippen molar-refractivity contribution in [2.75, 3.05) is 24.3 Å². The van der Waals surface area contributed by atoms with Crippen molar-refractivity contribution < 1.29 is 9.21 Å². The Bertz CT molecular complexity index is 912. The van der Waals surface area contributed by atoms with Gasteiger partial charge in [0.2, 0.25) is 0 Å². The fourth-order valence-electron chi connectivity index (χ4n) is 2.66. The summed E-state index contributed by atoms with van der Waals surface area (Å²) in [6, 6.07) is 9.03. The van der Waals surface area contributed by atoms with Crippen LogP contribution in [0.2, 0.25) is 0 Å². The fraction of sp³-hybridized carbons (Fsp3) is 0.278. The van der Waals surface area contributed by atoms with Crippen molar-refractivity contribution in [3.8, 4) is 0 Å². The number of pyridine rings is 1. The highest BCUT2D eigenvalue weighted by molar-refractivity contribution is 6.08. The van der Waals surface area contributed by atoms with E-state index in [2.05, 4.69) is 15.3 Å². The maximum absolute atomic E-state index is 12.6. The number of aromatic nitrogens is 2. The standard InChI is InChI=1S/C18H18N4O2/c1-22(2)16-13(4-3-9-19-16)17(23)20-12-7-8-15-14(10-12)21-18(24-15)11-5-6-11/h3-4,7-11H,5-6H2,1-2H3,(H,20,23). The zero-order valence-electron chi connectivity index (χ0n) is 13.6. The predicted octanol–water partition coefficient (Wildman–Crippen LogP) is 3.42. The third kappa shape index (κ3) is 2.71. The Kier molecular flexibility index (Phi) is 3.45. The molecule has 1 amide bonds. The van der Waals surface area contributed by atoms with Crippen molar-refractivity contribution in [2.24, 2.45) is 0 Å². The van der Waals surface area contributed by atoms with Crippen molar-refractivity contribution in [3.05, 3.63) is 48.0 Å². The molecule has 1 saturated carbocycles. The number of nitrogens with zero attached hydrogens (tertiary/aromatic N) is 3. The van der Waals surface area contributed by atoms with Crippen LogP contribution in [0, 0.1) is 0 Å². The van der Waals surface area contributed by atoms with Gasteiger partial charge < -0.3 is 14.6 Å². The Morgan fingerprint density at radius 2 is 2.12 bits per heavy atom. The van der Waals surface area contributed by atoms with E-state index in [1.807, 2.05) is 37.2 Å². The van der Waals surface area contributed by atoms with Crippen LogP contribution in [0.4, 0.5) is 11.5 Å². The summed E-state index contributed by atoms with van der Waals surface area (Å²) in [7, 11) is 3.72. The predicted molar refractivity (Wildman–Crippen MR) is 92.5 cm³/mol. The van der Waals surface area contributed by atoms with Gasteiger partial charge in [-0.3, -0.25) is 4.79 Å². The molecule has 122 valence electrons. The number of anilines is 2. The van der Waals surface area contributed by atoms with Crippen LogP contribution in [0.5, 0.6) is 0 Å². The Morgan fingerprint density at radius 3 is 2.88 bits per heavy atom. The molecule has 1 aliphatic carbocycles. The number of nitrogens with one attached hydrogen (secondary N) is 1.